The molecule has 7 heteroatoms. The van der Waals surface area contributed by atoms with E-state index in [1.54, 1.807) is 38.1 Å². The first kappa shape index (κ1) is 15.3. The molecular formula is C14H16ClN3O3. The second-order valence-electron chi connectivity index (χ2n) is 5.06. The second kappa shape index (κ2) is 6.13. The molecule has 1 aliphatic heterocycles. The maximum absolute atomic E-state index is 12.0. The summed E-state index contributed by atoms with van der Waals surface area (Å²) >= 11 is 5.82. The highest BCUT2D eigenvalue weighted by Crippen LogP contribution is 2.17. The summed E-state index contributed by atoms with van der Waals surface area (Å²) in [7, 11) is 0. The van der Waals surface area contributed by atoms with Gasteiger partial charge in [0.15, 0.2) is 0 Å². The number of halogens is 1. The first-order chi connectivity index (χ1) is 9.88. The molecule has 6 nitrogen and oxygen atoms in total. The summed E-state index contributed by atoms with van der Waals surface area (Å²) in [4.78, 5) is 36.8. The zero-order chi connectivity index (χ0) is 15.6. The highest BCUT2D eigenvalue weighted by atomic mass is 35.5. The number of carbonyl (C=O) groups excluding carboxylic acids is 3. The van der Waals surface area contributed by atoms with E-state index in [0.717, 1.165) is 0 Å². The van der Waals surface area contributed by atoms with Crippen LogP contribution in [0, 0.1) is 0 Å². The summed E-state index contributed by atoms with van der Waals surface area (Å²) in [5.41, 5.74) is 0.512. The van der Waals surface area contributed by atoms with Gasteiger partial charge in [-0.15, -0.1) is 0 Å². The number of imide groups is 1. The number of amides is 4. The maximum atomic E-state index is 12.0. The van der Waals surface area contributed by atoms with E-state index in [1.165, 1.54) is 4.90 Å². The minimum absolute atomic E-state index is 0.0139. The molecule has 0 radical (unpaired) electrons. The molecule has 4 amide bonds. The number of nitrogens with one attached hydrogen (secondary N) is 2. The molecule has 0 bridgehead atoms. The van der Waals surface area contributed by atoms with Gasteiger partial charge in [-0.05, 0) is 32.0 Å². The first-order valence-electron chi connectivity index (χ1n) is 6.57. The molecule has 0 aromatic heterocycles. The van der Waals surface area contributed by atoms with Gasteiger partial charge in [0, 0.05) is 16.8 Å². The van der Waals surface area contributed by atoms with Crippen molar-refractivity contribution in [2.45, 2.75) is 32.4 Å². The van der Waals surface area contributed by atoms with E-state index in [0.29, 0.717) is 10.7 Å². The fourth-order valence-corrected chi connectivity index (χ4v) is 2.39. The number of carbonyl (C=O) groups is 3. The van der Waals surface area contributed by atoms with Crippen LogP contribution in [0.25, 0.3) is 0 Å². The average Bonchev–Trinajstić information content (AvgIpc) is 2.64. The molecule has 2 rings (SSSR count). The van der Waals surface area contributed by atoms with Crippen molar-refractivity contribution in [2.75, 3.05) is 5.32 Å². The van der Waals surface area contributed by atoms with Crippen LogP contribution in [0.5, 0.6) is 0 Å². The third kappa shape index (κ3) is 3.52. The number of anilines is 1. The van der Waals surface area contributed by atoms with Crippen LogP contribution in [0.4, 0.5) is 10.5 Å². The van der Waals surface area contributed by atoms with Crippen molar-refractivity contribution in [2.24, 2.45) is 0 Å². The van der Waals surface area contributed by atoms with Crippen LogP contribution >= 0.6 is 11.6 Å². The van der Waals surface area contributed by atoms with Crippen molar-refractivity contribution in [1.29, 1.82) is 0 Å². The van der Waals surface area contributed by atoms with Crippen molar-refractivity contribution in [3.8, 4) is 0 Å². The number of urea groups is 1. The Kier molecular flexibility index (Phi) is 4.47. The van der Waals surface area contributed by atoms with Crippen molar-refractivity contribution in [3.63, 3.8) is 0 Å². The lowest BCUT2D eigenvalue weighted by atomic mass is 10.2. The molecule has 1 atom stereocenters. The number of benzene rings is 1. The molecule has 0 spiro atoms. The molecule has 21 heavy (non-hydrogen) atoms. The monoisotopic (exact) mass is 309 g/mol. The molecule has 1 aromatic rings. The molecule has 0 saturated carbocycles. The lowest BCUT2D eigenvalue weighted by molar-refractivity contribution is -0.140. The molecule has 1 saturated heterocycles. The van der Waals surface area contributed by atoms with Crippen molar-refractivity contribution in [3.05, 3.63) is 29.3 Å². The fraction of sp³-hybridized carbons (Fsp3) is 0.357. The van der Waals surface area contributed by atoms with Crippen molar-refractivity contribution < 1.29 is 14.4 Å². The summed E-state index contributed by atoms with van der Waals surface area (Å²) in [6.45, 7) is 3.51. The van der Waals surface area contributed by atoms with E-state index < -0.39 is 12.1 Å². The second-order valence-corrected chi connectivity index (χ2v) is 5.50. The fourth-order valence-electron chi connectivity index (χ4n) is 2.20. The lowest BCUT2D eigenvalue weighted by Crippen LogP contribution is -2.45. The van der Waals surface area contributed by atoms with Crippen LogP contribution in [-0.4, -0.2) is 34.8 Å². The van der Waals surface area contributed by atoms with Crippen LogP contribution in [0.2, 0.25) is 5.02 Å². The number of hydrogen-bond donors (Lipinski definition) is 2. The van der Waals surface area contributed by atoms with Crippen LogP contribution in [-0.2, 0) is 9.59 Å². The van der Waals surface area contributed by atoms with Gasteiger partial charge in [0.25, 0.3) is 5.91 Å². The number of likely N-dealkylation sites (tertiary alicyclic amines) is 1. The van der Waals surface area contributed by atoms with E-state index in [2.05, 4.69) is 10.6 Å². The van der Waals surface area contributed by atoms with Gasteiger partial charge in [-0.3, -0.25) is 14.5 Å². The van der Waals surface area contributed by atoms with Crippen LogP contribution in [0.3, 0.4) is 0 Å². The molecule has 112 valence electrons. The Labute approximate surface area is 127 Å². The molecule has 1 aliphatic rings. The first-order valence-corrected chi connectivity index (χ1v) is 6.95. The predicted octanol–water partition coefficient (Wildman–Crippen LogP) is 2.00. The Hall–Kier alpha value is -2.08. The van der Waals surface area contributed by atoms with Gasteiger partial charge >= 0.3 is 6.03 Å². The Morgan fingerprint density at radius 1 is 1.38 bits per heavy atom. The summed E-state index contributed by atoms with van der Waals surface area (Å²) in [6, 6.07) is 5.06. The van der Waals surface area contributed by atoms with Crippen LogP contribution in [0.15, 0.2) is 24.3 Å². The van der Waals surface area contributed by atoms with Gasteiger partial charge in [0.05, 0.1) is 6.42 Å². The predicted molar refractivity (Wildman–Crippen MR) is 79.0 cm³/mol. The summed E-state index contributed by atoms with van der Waals surface area (Å²) in [5, 5.41) is 5.57. The van der Waals surface area contributed by atoms with Gasteiger partial charge < -0.3 is 10.6 Å². The minimum Gasteiger partial charge on any atom is -0.326 e. The lowest BCUT2D eigenvalue weighted by Gasteiger charge is -2.19. The maximum Gasteiger partial charge on any atom is 0.319 e. The van der Waals surface area contributed by atoms with Gasteiger partial charge in [0.1, 0.15) is 6.04 Å². The van der Waals surface area contributed by atoms with Gasteiger partial charge in [-0.1, -0.05) is 17.7 Å². The van der Waals surface area contributed by atoms with Crippen LogP contribution in [0.1, 0.15) is 20.3 Å². The Morgan fingerprint density at radius 2 is 2.10 bits per heavy atom. The van der Waals surface area contributed by atoms with Crippen molar-refractivity contribution >= 4 is 35.1 Å². The van der Waals surface area contributed by atoms with E-state index in [1.807, 2.05) is 0 Å². The average molecular weight is 310 g/mol. The highest BCUT2D eigenvalue weighted by Gasteiger charge is 2.40. The molecule has 1 heterocycles. The van der Waals surface area contributed by atoms with E-state index in [4.69, 9.17) is 11.6 Å². The third-order valence-corrected chi connectivity index (χ3v) is 3.32. The zero-order valence-corrected chi connectivity index (χ0v) is 12.5. The Balaban J connectivity index is 1.98. The molecule has 0 unspecified atom stereocenters. The smallest absolute Gasteiger partial charge is 0.319 e. The summed E-state index contributed by atoms with van der Waals surface area (Å²) in [6.07, 6.45) is -0.0139. The Bertz CT molecular complexity index is 589. The molecule has 0 aliphatic carbocycles. The Morgan fingerprint density at radius 3 is 2.67 bits per heavy atom. The van der Waals surface area contributed by atoms with E-state index in [9.17, 15) is 14.4 Å². The van der Waals surface area contributed by atoms with Gasteiger partial charge in [-0.2, -0.15) is 0 Å². The SMILES string of the molecule is CC(C)N1C(=O)C[C@H](NC(=O)Nc2cccc(Cl)c2)C1=O. The molecular weight excluding hydrogens is 294 g/mol. The standard InChI is InChI=1S/C14H16ClN3O3/c1-8(2)18-12(19)7-11(13(18)20)17-14(21)16-10-5-3-4-9(15)6-10/h3-6,8,11H,7H2,1-2H3,(H2,16,17,21)/t11-/m0/s1. The molecule has 1 fully saturated rings. The summed E-state index contributed by atoms with van der Waals surface area (Å²) in [5.74, 6) is -0.653. The number of rotatable bonds is 3. The van der Waals surface area contributed by atoms with Crippen LogP contribution < -0.4 is 10.6 Å². The van der Waals surface area contributed by atoms with E-state index >= 15 is 0 Å². The number of nitrogens with zero attached hydrogens (tertiary/aromatic N) is 1. The normalized spacial score (nSPS) is 18.3. The molecule has 2 N–H and O–H groups in total. The van der Waals surface area contributed by atoms with Gasteiger partial charge in [0.2, 0.25) is 5.91 Å². The highest BCUT2D eigenvalue weighted by molar-refractivity contribution is 6.30. The largest absolute Gasteiger partial charge is 0.326 e. The minimum atomic E-state index is -0.820. The van der Waals surface area contributed by atoms with Crippen molar-refractivity contribution in [1.82, 2.24) is 10.2 Å². The summed E-state index contributed by atoms with van der Waals surface area (Å²) < 4.78 is 0. The topological polar surface area (TPSA) is 78.5 Å². The van der Waals surface area contributed by atoms with Gasteiger partial charge in [-0.25, -0.2) is 4.79 Å². The quantitative estimate of drug-likeness (QED) is 0.838. The third-order valence-electron chi connectivity index (χ3n) is 3.09. The zero-order valence-electron chi connectivity index (χ0n) is 11.7. The number of hydrogen-bond acceptors (Lipinski definition) is 3. The molecule has 1 aromatic carbocycles. The van der Waals surface area contributed by atoms with E-state index in [-0.39, 0.29) is 24.3 Å².